The van der Waals surface area contributed by atoms with Crippen LogP contribution in [-0.2, 0) is 11.2 Å². The fourth-order valence-electron chi connectivity index (χ4n) is 2.11. The Balaban J connectivity index is 2.49. The molecule has 104 valence electrons. The molecule has 0 unspecified atom stereocenters. The lowest BCUT2D eigenvalue weighted by atomic mass is 9.97. The van der Waals surface area contributed by atoms with Gasteiger partial charge in [0.2, 0.25) is 0 Å². The molecule has 0 radical (unpaired) electrons. The quantitative estimate of drug-likeness (QED) is 0.667. The van der Waals surface area contributed by atoms with Gasteiger partial charge < -0.3 is 14.6 Å². The maximum atomic E-state index is 10.8. The maximum absolute atomic E-state index is 10.8. The minimum atomic E-state index is -1.31. The smallest absolute Gasteiger partial charge is 0.449 e. The first-order valence-electron chi connectivity index (χ1n) is 6.29. The lowest BCUT2D eigenvalue weighted by Gasteiger charge is -2.13. The minimum Gasteiger partial charge on any atom is -0.449 e. The van der Waals surface area contributed by atoms with E-state index in [1.165, 1.54) is 0 Å². The number of hydrogen-bond acceptors (Lipinski definition) is 3. The van der Waals surface area contributed by atoms with Gasteiger partial charge in [0.25, 0.3) is 0 Å². The minimum absolute atomic E-state index is 0.345. The topological polar surface area (TPSA) is 55.8 Å². The highest BCUT2D eigenvalue weighted by Crippen LogP contribution is 2.33. The second-order valence-corrected chi connectivity index (χ2v) is 4.27. The van der Waals surface area contributed by atoms with Crippen molar-refractivity contribution in [2.75, 3.05) is 13.7 Å². The van der Waals surface area contributed by atoms with E-state index >= 15 is 0 Å². The van der Waals surface area contributed by atoms with Crippen molar-refractivity contribution >= 4 is 6.16 Å². The Morgan fingerprint density at radius 3 is 2.50 bits per heavy atom. The van der Waals surface area contributed by atoms with E-state index in [4.69, 9.17) is 14.6 Å². The SMILES string of the molecule is COCCc1cccc(OC(=O)O)c1-c1ccccc1. The maximum Gasteiger partial charge on any atom is 0.511 e. The number of ether oxygens (including phenoxy) is 2. The molecule has 0 aliphatic carbocycles. The van der Waals surface area contributed by atoms with Crippen LogP contribution < -0.4 is 4.74 Å². The van der Waals surface area contributed by atoms with Gasteiger partial charge in [0.15, 0.2) is 0 Å². The molecule has 0 aliphatic heterocycles. The largest absolute Gasteiger partial charge is 0.511 e. The fraction of sp³-hybridized carbons (Fsp3) is 0.188. The van der Waals surface area contributed by atoms with E-state index in [1.54, 1.807) is 19.2 Å². The Morgan fingerprint density at radius 2 is 1.85 bits per heavy atom. The van der Waals surface area contributed by atoms with E-state index in [0.29, 0.717) is 18.8 Å². The number of carbonyl (C=O) groups is 1. The van der Waals surface area contributed by atoms with E-state index in [0.717, 1.165) is 16.7 Å². The third-order valence-electron chi connectivity index (χ3n) is 2.95. The number of carboxylic acid groups (broad SMARTS) is 1. The van der Waals surface area contributed by atoms with Crippen LogP contribution in [0.3, 0.4) is 0 Å². The average Bonchev–Trinajstić information content (AvgIpc) is 2.45. The van der Waals surface area contributed by atoms with Gasteiger partial charge >= 0.3 is 6.16 Å². The van der Waals surface area contributed by atoms with Crippen LogP contribution in [0.4, 0.5) is 4.79 Å². The summed E-state index contributed by atoms with van der Waals surface area (Å²) >= 11 is 0. The lowest BCUT2D eigenvalue weighted by molar-refractivity contribution is 0.144. The summed E-state index contributed by atoms with van der Waals surface area (Å²) in [5.74, 6) is 0.345. The summed E-state index contributed by atoms with van der Waals surface area (Å²) in [5, 5.41) is 8.86. The second-order valence-electron chi connectivity index (χ2n) is 4.27. The van der Waals surface area contributed by atoms with E-state index in [-0.39, 0.29) is 0 Å². The van der Waals surface area contributed by atoms with Crippen LogP contribution in [0.5, 0.6) is 5.75 Å². The van der Waals surface area contributed by atoms with Crippen LogP contribution in [0.1, 0.15) is 5.56 Å². The summed E-state index contributed by atoms with van der Waals surface area (Å²) in [4.78, 5) is 10.8. The van der Waals surface area contributed by atoms with Gasteiger partial charge in [-0.1, -0.05) is 42.5 Å². The molecule has 0 heterocycles. The molecule has 2 rings (SSSR count). The molecule has 0 atom stereocenters. The van der Waals surface area contributed by atoms with E-state index in [1.807, 2.05) is 36.4 Å². The third kappa shape index (κ3) is 3.36. The monoisotopic (exact) mass is 272 g/mol. The summed E-state index contributed by atoms with van der Waals surface area (Å²) in [6.45, 7) is 0.566. The molecule has 20 heavy (non-hydrogen) atoms. The van der Waals surface area contributed by atoms with Gasteiger partial charge in [0.05, 0.1) is 6.61 Å². The zero-order valence-corrected chi connectivity index (χ0v) is 11.2. The zero-order chi connectivity index (χ0) is 14.4. The summed E-state index contributed by atoms with van der Waals surface area (Å²) < 4.78 is 10.00. The number of benzene rings is 2. The van der Waals surface area contributed by atoms with Crippen LogP contribution >= 0.6 is 0 Å². The van der Waals surface area contributed by atoms with Crippen LogP contribution in [0.15, 0.2) is 48.5 Å². The molecule has 2 aromatic rings. The highest BCUT2D eigenvalue weighted by molar-refractivity contribution is 5.77. The van der Waals surface area contributed by atoms with E-state index < -0.39 is 6.16 Å². The molecule has 0 aliphatic rings. The van der Waals surface area contributed by atoms with Gasteiger partial charge in [-0.25, -0.2) is 4.79 Å². The predicted octanol–water partition coefficient (Wildman–Crippen LogP) is 3.60. The highest BCUT2D eigenvalue weighted by atomic mass is 16.7. The average molecular weight is 272 g/mol. The van der Waals surface area contributed by atoms with Crippen LogP contribution in [0.2, 0.25) is 0 Å². The molecule has 0 fully saturated rings. The molecule has 0 bridgehead atoms. The van der Waals surface area contributed by atoms with Crippen LogP contribution in [0.25, 0.3) is 11.1 Å². The van der Waals surface area contributed by atoms with Crippen molar-refractivity contribution in [1.82, 2.24) is 0 Å². The first kappa shape index (κ1) is 14.1. The highest BCUT2D eigenvalue weighted by Gasteiger charge is 2.14. The molecule has 2 aromatic carbocycles. The van der Waals surface area contributed by atoms with Crippen molar-refractivity contribution in [1.29, 1.82) is 0 Å². The molecule has 0 aromatic heterocycles. The number of rotatable bonds is 5. The van der Waals surface area contributed by atoms with Crippen molar-refractivity contribution in [3.05, 3.63) is 54.1 Å². The summed E-state index contributed by atoms with van der Waals surface area (Å²) in [5.41, 5.74) is 2.72. The number of methoxy groups -OCH3 is 1. The molecule has 0 saturated heterocycles. The molecular weight excluding hydrogens is 256 g/mol. The van der Waals surface area contributed by atoms with Crippen LogP contribution in [-0.4, -0.2) is 25.0 Å². The van der Waals surface area contributed by atoms with Crippen molar-refractivity contribution in [3.8, 4) is 16.9 Å². The second kappa shape index (κ2) is 6.73. The Labute approximate surface area is 117 Å². The predicted molar refractivity (Wildman–Crippen MR) is 76.1 cm³/mol. The van der Waals surface area contributed by atoms with Gasteiger partial charge in [0.1, 0.15) is 5.75 Å². The third-order valence-corrected chi connectivity index (χ3v) is 2.95. The summed E-state index contributed by atoms with van der Waals surface area (Å²) in [7, 11) is 1.64. The summed E-state index contributed by atoms with van der Waals surface area (Å²) in [6, 6.07) is 15.0. The van der Waals surface area contributed by atoms with E-state index in [9.17, 15) is 4.79 Å². The Hall–Kier alpha value is -2.33. The molecule has 0 saturated carbocycles. The van der Waals surface area contributed by atoms with Gasteiger partial charge in [-0.05, 0) is 23.6 Å². The van der Waals surface area contributed by atoms with E-state index in [2.05, 4.69) is 0 Å². The van der Waals surface area contributed by atoms with Crippen LogP contribution in [0, 0.1) is 0 Å². The van der Waals surface area contributed by atoms with Gasteiger partial charge in [-0.2, -0.15) is 0 Å². The fourth-order valence-corrected chi connectivity index (χ4v) is 2.11. The molecule has 4 nitrogen and oxygen atoms in total. The Morgan fingerprint density at radius 1 is 1.10 bits per heavy atom. The molecule has 4 heteroatoms. The van der Waals surface area contributed by atoms with Crippen molar-refractivity contribution in [2.24, 2.45) is 0 Å². The molecule has 0 spiro atoms. The van der Waals surface area contributed by atoms with Crippen molar-refractivity contribution in [2.45, 2.75) is 6.42 Å². The number of hydrogen-bond donors (Lipinski definition) is 1. The first-order valence-corrected chi connectivity index (χ1v) is 6.29. The van der Waals surface area contributed by atoms with Crippen molar-refractivity contribution in [3.63, 3.8) is 0 Å². The Kier molecular flexibility index (Phi) is 4.74. The molecular formula is C16H16O4. The van der Waals surface area contributed by atoms with Crippen molar-refractivity contribution < 1.29 is 19.4 Å². The zero-order valence-electron chi connectivity index (χ0n) is 11.2. The standard InChI is InChI=1S/C16H16O4/c1-19-11-10-13-8-5-9-14(20-16(17)18)15(13)12-6-3-2-4-7-12/h2-9H,10-11H2,1H3,(H,17,18). The first-order chi connectivity index (χ1) is 9.72. The van der Waals surface area contributed by atoms with Gasteiger partial charge in [-0.15, -0.1) is 0 Å². The Bertz CT molecular complexity index is 578. The van der Waals surface area contributed by atoms with Gasteiger partial charge in [-0.3, -0.25) is 0 Å². The lowest BCUT2D eigenvalue weighted by Crippen LogP contribution is -2.06. The normalized spacial score (nSPS) is 10.2. The molecule has 1 N–H and O–H groups in total. The molecule has 0 amide bonds. The van der Waals surface area contributed by atoms with Gasteiger partial charge in [0, 0.05) is 12.7 Å². The summed E-state index contributed by atoms with van der Waals surface area (Å²) in [6.07, 6.45) is -0.622.